The number of carbonyl (C=O) groups is 2. The number of carboxylic acid groups (broad SMARTS) is 1. The van der Waals surface area contributed by atoms with Gasteiger partial charge in [0.2, 0.25) is 0 Å². The van der Waals surface area contributed by atoms with Crippen molar-refractivity contribution in [2.24, 2.45) is 0 Å². The molecular weight excluding hydrogens is 287 g/mol. The van der Waals surface area contributed by atoms with Crippen LogP contribution in [0.2, 0.25) is 0 Å². The maximum absolute atomic E-state index is 12.2. The molecule has 1 aliphatic heterocycles. The standard InChI is InChI=1S/C13H18N2O4S.Li/c1-13(2,3)19-12(18)8-5-7-9(6-15(8)4)20-10(14-7)11(16)17;/h8H,5-6H2,1-4H3,(H,16,17);/q;+1/p-1. The first-order chi connectivity index (χ1) is 9.17. The molecule has 21 heavy (non-hydrogen) atoms. The van der Waals surface area contributed by atoms with Crippen LogP contribution in [0.4, 0.5) is 0 Å². The van der Waals surface area contributed by atoms with E-state index in [2.05, 4.69) is 4.98 Å². The summed E-state index contributed by atoms with van der Waals surface area (Å²) in [5, 5.41) is 10.8. The molecule has 0 fully saturated rings. The van der Waals surface area contributed by atoms with Crippen molar-refractivity contribution in [3.05, 3.63) is 15.6 Å². The number of ether oxygens (including phenoxy) is 1. The molecule has 0 saturated carbocycles. The molecule has 2 rings (SSSR count). The van der Waals surface area contributed by atoms with E-state index in [0.717, 1.165) is 16.2 Å². The van der Waals surface area contributed by atoms with Gasteiger partial charge in [-0.3, -0.25) is 9.69 Å². The monoisotopic (exact) mass is 304 g/mol. The predicted molar refractivity (Wildman–Crippen MR) is 71.2 cm³/mol. The van der Waals surface area contributed by atoms with Gasteiger partial charge in [0.1, 0.15) is 22.6 Å². The van der Waals surface area contributed by atoms with Crippen molar-refractivity contribution in [2.75, 3.05) is 7.05 Å². The molecular formula is C13H17LiN2O4S. The van der Waals surface area contributed by atoms with E-state index >= 15 is 0 Å². The number of hydrogen-bond donors (Lipinski definition) is 0. The molecule has 110 valence electrons. The van der Waals surface area contributed by atoms with Gasteiger partial charge in [0.15, 0.2) is 0 Å². The molecule has 2 heterocycles. The summed E-state index contributed by atoms with van der Waals surface area (Å²) in [5.41, 5.74) is 0.110. The van der Waals surface area contributed by atoms with Crippen molar-refractivity contribution >= 4 is 23.3 Å². The fourth-order valence-electron chi connectivity index (χ4n) is 2.06. The van der Waals surface area contributed by atoms with Crippen molar-refractivity contribution < 1.29 is 38.3 Å². The van der Waals surface area contributed by atoms with E-state index in [-0.39, 0.29) is 29.8 Å². The van der Waals surface area contributed by atoms with Crippen LogP contribution in [0.3, 0.4) is 0 Å². The van der Waals surface area contributed by atoms with Gasteiger partial charge in [0.05, 0.1) is 5.69 Å². The summed E-state index contributed by atoms with van der Waals surface area (Å²) >= 11 is 1.11. The van der Waals surface area contributed by atoms with Gasteiger partial charge in [0.25, 0.3) is 0 Å². The van der Waals surface area contributed by atoms with E-state index in [0.29, 0.717) is 18.7 Å². The minimum absolute atomic E-state index is 0. The Balaban J connectivity index is 0.00000220. The normalized spacial score (nSPS) is 18.6. The molecule has 0 aromatic carbocycles. The second kappa shape index (κ2) is 6.49. The molecule has 0 saturated heterocycles. The number of fused-ring (bicyclic) bond motifs is 1. The first kappa shape index (κ1) is 18.2. The van der Waals surface area contributed by atoms with Crippen LogP contribution in [0.15, 0.2) is 0 Å². The first-order valence-corrected chi connectivity index (χ1v) is 7.12. The smallest absolute Gasteiger partial charge is 0.542 e. The number of aromatic nitrogens is 1. The van der Waals surface area contributed by atoms with Crippen LogP contribution in [0, 0.1) is 0 Å². The summed E-state index contributed by atoms with van der Waals surface area (Å²) < 4.78 is 5.38. The molecule has 1 aromatic rings. The number of thiazole rings is 1. The molecule has 1 aliphatic rings. The number of rotatable bonds is 2. The second-order valence-corrected chi connectivity index (χ2v) is 6.93. The van der Waals surface area contributed by atoms with Crippen molar-refractivity contribution in [3.63, 3.8) is 0 Å². The van der Waals surface area contributed by atoms with Crippen LogP contribution in [-0.2, 0) is 22.5 Å². The molecule has 0 spiro atoms. The Bertz CT molecular complexity index is 553. The summed E-state index contributed by atoms with van der Waals surface area (Å²) in [5.74, 6) is -1.59. The number of esters is 1. The minimum atomic E-state index is -1.28. The molecule has 0 radical (unpaired) electrons. The van der Waals surface area contributed by atoms with Crippen LogP contribution in [0.1, 0.15) is 41.1 Å². The third-order valence-corrected chi connectivity index (χ3v) is 4.01. The minimum Gasteiger partial charge on any atom is -0.542 e. The van der Waals surface area contributed by atoms with Gasteiger partial charge >= 0.3 is 24.8 Å². The van der Waals surface area contributed by atoms with E-state index in [9.17, 15) is 14.7 Å². The van der Waals surface area contributed by atoms with Crippen LogP contribution in [0.25, 0.3) is 0 Å². The van der Waals surface area contributed by atoms with Gasteiger partial charge in [0, 0.05) is 17.8 Å². The number of carboxylic acids is 1. The Morgan fingerprint density at radius 3 is 2.57 bits per heavy atom. The van der Waals surface area contributed by atoms with Crippen LogP contribution in [0.5, 0.6) is 0 Å². The maximum atomic E-state index is 12.2. The molecule has 1 atom stereocenters. The van der Waals surface area contributed by atoms with Gasteiger partial charge in [-0.1, -0.05) is 0 Å². The summed E-state index contributed by atoms with van der Waals surface area (Å²) in [7, 11) is 1.82. The van der Waals surface area contributed by atoms with Gasteiger partial charge in [-0.25, -0.2) is 4.98 Å². The molecule has 0 bridgehead atoms. The third-order valence-electron chi connectivity index (χ3n) is 2.94. The largest absolute Gasteiger partial charge is 1.00 e. The summed E-state index contributed by atoms with van der Waals surface area (Å²) in [6.07, 6.45) is 0.366. The van der Waals surface area contributed by atoms with Crippen molar-refractivity contribution in [1.29, 1.82) is 0 Å². The molecule has 8 heteroatoms. The van der Waals surface area contributed by atoms with E-state index in [4.69, 9.17) is 4.74 Å². The summed E-state index contributed by atoms with van der Waals surface area (Å²) in [4.78, 5) is 29.8. The molecule has 1 unspecified atom stereocenters. The van der Waals surface area contributed by atoms with E-state index < -0.39 is 17.6 Å². The fourth-order valence-corrected chi connectivity index (χ4v) is 3.05. The molecule has 6 nitrogen and oxygen atoms in total. The summed E-state index contributed by atoms with van der Waals surface area (Å²) in [6.45, 7) is 5.94. The average molecular weight is 304 g/mol. The van der Waals surface area contributed by atoms with Gasteiger partial charge < -0.3 is 14.6 Å². The Hall–Kier alpha value is -0.873. The molecule has 0 aliphatic carbocycles. The zero-order valence-electron chi connectivity index (χ0n) is 12.9. The van der Waals surface area contributed by atoms with Gasteiger partial charge in [-0.15, -0.1) is 11.3 Å². The Morgan fingerprint density at radius 1 is 1.43 bits per heavy atom. The quantitative estimate of drug-likeness (QED) is 0.434. The third kappa shape index (κ3) is 4.30. The number of nitrogens with zero attached hydrogens (tertiary/aromatic N) is 2. The van der Waals surface area contributed by atoms with E-state index in [1.165, 1.54) is 0 Å². The maximum Gasteiger partial charge on any atom is 1.00 e. The molecule has 0 amide bonds. The van der Waals surface area contributed by atoms with E-state index in [1.54, 1.807) is 0 Å². The topological polar surface area (TPSA) is 82.6 Å². The Kier molecular flexibility index (Phi) is 5.61. The Morgan fingerprint density at radius 2 is 2.05 bits per heavy atom. The van der Waals surface area contributed by atoms with Crippen molar-refractivity contribution in [3.8, 4) is 0 Å². The zero-order chi connectivity index (χ0) is 15.1. The SMILES string of the molecule is CN1Cc2sc(C(=O)[O-])nc2CC1C(=O)OC(C)(C)C.[Li+]. The van der Waals surface area contributed by atoms with Crippen LogP contribution >= 0.6 is 11.3 Å². The van der Waals surface area contributed by atoms with Crippen molar-refractivity contribution in [1.82, 2.24) is 9.88 Å². The number of aromatic carboxylic acids is 1. The Labute approximate surface area is 139 Å². The molecule has 1 aromatic heterocycles. The van der Waals surface area contributed by atoms with Crippen molar-refractivity contribution in [2.45, 2.75) is 45.4 Å². The number of carbonyl (C=O) groups excluding carboxylic acids is 2. The molecule has 0 N–H and O–H groups in total. The number of likely N-dealkylation sites (N-methyl/N-ethyl adjacent to an activating group) is 1. The van der Waals surface area contributed by atoms with E-state index in [1.807, 2.05) is 32.7 Å². The summed E-state index contributed by atoms with van der Waals surface area (Å²) in [6, 6.07) is -0.432. The second-order valence-electron chi connectivity index (χ2n) is 5.84. The average Bonchev–Trinajstić information content (AvgIpc) is 2.68. The van der Waals surface area contributed by atoms with Gasteiger partial charge in [-0.2, -0.15) is 0 Å². The first-order valence-electron chi connectivity index (χ1n) is 6.30. The fraction of sp³-hybridized carbons (Fsp3) is 0.615. The van der Waals surface area contributed by atoms with Crippen LogP contribution in [-0.4, -0.2) is 40.5 Å². The predicted octanol–water partition coefficient (Wildman–Crippen LogP) is -2.79. The number of hydrogen-bond acceptors (Lipinski definition) is 7. The van der Waals surface area contributed by atoms with Crippen LogP contribution < -0.4 is 24.0 Å². The zero-order valence-corrected chi connectivity index (χ0v) is 13.7. The van der Waals surface area contributed by atoms with Gasteiger partial charge in [-0.05, 0) is 27.8 Å².